The summed E-state index contributed by atoms with van der Waals surface area (Å²) in [5, 5.41) is 0.647. The average molecular weight is 284 g/mol. The number of nitrogens with two attached hydrogens (primary N) is 1. The molecule has 1 heterocycles. The van der Waals surface area contributed by atoms with E-state index in [1.54, 1.807) is 0 Å². The van der Waals surface area contributed by atoms with Crippen LogP contribution in [-0.2, 0) is 4.79 Å². The molecule has 0 spiro atoms. The number of hydrogen-bond donors (Lipinski definition) is 1. The normalized spacial score (nSPS) is 32.3. The summed E-state index contributed by atoms with van der Waals surface area (Å²) in [4.78, 5) is 14.6. The van der Waals surface area contributed by atoms with Gasteiger partial charge >= 0.3 is 0 Å². The van der Waals surface area contributed by atoms with Crippen molar-refractivity contribution in [3.8, 4) is 0 Å². The van der Waals surface area contributed by atoms with Gasteiger partial charge in [-0.2, -0.15) is 11.8 Å². The minimum Gasteiger partial charge on any atom is -0.342 e. The van der Waals surface area contributed by atoms with Crippen molar-refractivity contribution in [3.05, 3.63) is 0 Å². The molecule has 1 saturated heterocycles. The quantitative estimate of drug-likeness (QED) is 0.863. The molecule has 0 radical (unpaired) electrons. The van der Waals surface area contributed by atoms with Crippen molar-refractivity contribution in [1.82, 2.24) is 4.90 Å². The van der Waals surface area contributed by atoms with Crippen molar-refractivity contribution in [1.29, 1.82) is 0 Å². The molecule has 3 nitrogen and oxygen atoms in total. The zero-order chi connectivity index (χ0) is 13.7. The molecule has 1 unspecified atom stereocenters. The van der Waals surface area contributed by atoms with Gasteiger partial charge in [0.05, 0.1) is 0 Å². The van der Waals surface area contributed by atoms with Crippen LogP contribution in [0.5, 0.6) is 0 Å². The first-order valence-corrected chi connectivity index (χ1v) is 8.90. The van der Waals surface area contributed by atoms with Gasteiger partial charge in [0.1, 0.15) is 0 Å². The number of carbonyl (C=O) groups is 1. The second-order valence-corrected chi connectivity index (χ2v) is 7.55. The highest BCUT2D eigenvalue weighted by atomic mass is 32.2. The first kappa shape index (κ1) is 15.2. The molecule has 1 aliphatic heterocycles. The largest absolute Gasteiger partial charge is 0.342 e. The summed E-state index contributed by atoms with van der Waals surface area (Å²) in [5.74, 6) is 1.94. The summed E-state index contributed by atoms with van der Waals surface area (Å²) in [6.07, 6.45) is 7.84. The number of rotatable bonds is 4. The Kier molecular flexibility index (Phi) is 6.02. The zero-order valence-electron chi connectivity index (χ0n) is 12.1. The van der Waals surface area contributed by atoms with Gasteiger partial charge < -0.3 is 10.6 Å². The Morgan fingerprint density at radius 2 is 2.11 bits per heavy atom. The summed E-state index contributed by atoms with van der Waals surface area (Å²) in [6.45, 7) is 4.13. The van der Waals surface area contributed by atoms with E-state index in [9.17, 15) is 4.79 Å². The van der Waals surface area contributed by atoms with E-state index in [4.69, 9.17) is 5.73 Å². The minimum absolute atomic E-state index is 0.261. The third-order valence-corrected chi connectivity index (χ3v) is 5.73. The lowest BCUT2D eigenvalue weighted by molar-refractivity contribution is -0.132. The Hall–Kier alpha value is -0.220. The van der Waals surface area contributed by atoms with Crippen LogP contribution in [0.25, 0.3) is 0 Å². The number of carbonyl (C=O) groups excluding carboxylic acids is 1. The van der Waals surface area contributed by atoms with Crippen LogP contribution < -0.4 is 5.73 Å². The van der Waals surface area contributed by atoms with Crippen LogP contribution >= 0.6 is 11.8 Å². The monoisotopic (exact) mass is 284 g/mol. The fraction of sp³-hybridized carbons (Fsp3) is 0.933. The van der Waals surface area contributed by atoms with E-state index in [1.807, 2.05) is 11.8 Å². The Labute approximate surface area is 121 Å². The number of amides is 1. The summed E-state index contributed by atoms with van der Waals surface area (Å²) in [5.41, 5.74) is 6.09. The molecule has 0 aromatic rings. The van der Waals surface area contributed by atoms with Crippen LogP contribution in [0.15, 0.2) is 0 Å². The number of thioether (sulfide) groups is 1. The topological polar surface area (TPSA) is 46.3 Å². The van der Waals surface area contributed by atoms with Gasteiger partial charge in [-0.1, -0.05) is 19.8 Å². The van der Waals surface area contributed by atoms with E-state index in [-0.39, 0.29) is 6.04 Å². The number of likely N-dealkylation sites (tertiary alicyclic amines) is 1. The van der Waals surface area contributed by atoms with Gasteiger partial charge in [-0.25, -0.2) is 0 Å². The minimum atomic E-state index is 0.261. The molecule has 3 atom stereocenters. The highest BCUT2D eigenvalue weighted by Gasteiger charge is 2.29. The molecule has 19 heavy (non-hydrogen) atoms. The maximum Gasteiger partial charge on any atom is 0.222 e. The molecule has 2 aliphatic rings. The van der Waals surface area contributed by atoms with Crippen LogP contribution in [0.1, 0.15) is 51.9 Å². The molecule has 2 N–H and O–H groups in total. The zero-order valence-corrected chi connectivity index (χ0v) is 13.0. The molecule has 2 fully saturated rings. The van der Waals surface area contributed by atoms with Crippen molar-refractivity contribution in [2.24, 2.45) is 11.7 Å². The predicted molar refractivity (Wildman–Crippen MR) is 82.3 cm³/mol. The maximum absolute atomic E-state index is 12.5. The second-order valence-electron chi connectivity index (χ2n) is 5.97. The van der Waals surface area contributed by atoms with Crippen LogP contribution in [0.3, 0.4) is 0 Å². The molecule has 1 saturated carbocycles. The lowest BCUT2D eigenvalue weighted by Gasteiger charge is -2.26. The third kappa shape index (κ3) is 4.38. The van der Waals surface area contributed by atoms with Gasteiger partial charge in [-0.15, -0.1) is 0 Å². The van der Waals surface area contributed by atoms with Gasteiger partial charge in [-0.05, 0) is 37.4 Å². The Bertz CT molecular complexity index is 298. The summed E-state index contributed by atoms with van der Waals surface area (Å²) < 4.78 is 0. The van der Waals surface area contributed by atoms with Gasteiger partial charge in [0.25, 0.3) is 0 Å². The van der Waals surface area contributed by atoms with Gasteiger partial charge in [-0.3, -0.25) is 4.79 Å². The molecule has 1 amide bonds. The lowest BCUT2D eigenvalue weighted by atomic mass is 9.99. The first-order chi connectivity index (χ1) is 9.20. The Balaban J connectivity index is 1.85. The fourth-order valence-corrected chi connectivity index (χ4v) is 4.46. The van der Waals surface area contributed by atoms with Gasteiger partial charge in [0.2, 0.25) is 5.91 Å². The molecule has 0 bridgehead atoms. The van der Waals surface area contributed by atoms with E-state index < -0.39 is 0 Å². The molecule has 1 aliphatic carbocycles. The van der Waals surface area contributed by atoms with Crippen molar-refractivity contribution in [2.75, 3.05) is 18.8 Å². The third-order valence-electron chi connectivity index (χ3n) is 4.54. The van der Waals surface area contributed by atoms with Gasteiger partial charge in [0, 0.05) is 30.8 Å². The predicted octanol–water partition coefficient (Wildman–Crippen LogP) is 2.64. The smallest absolute Gasteiger partial charge is 0.222 e. The van der Waals surface area contributed by atoms with Crippen LogP contribution in [0.4, 0.5) is 0 Å². The van der Waals surface area contributed by atoms with Crippen LogP contribution in [-0.4, -0.2) is 40.9 Å². The second kappa shape index (κ2) is 7.53. The SMILES string of the molecule is CCSC1CCCCN(C(=O)C[C@@H]2CCC[C@H]2N)C1. The van der Waals surface area contributed by atoms with Crippen LogP contribution in [0.2, 0.25) is 0 Å². The highest BCUT2D eigenvalue weighted by Crippen LogP contribution is 2.28. The van der Waals surface area contributed by atoms with E-state index >= 15 is 0 Å². The summed E-state index contributed by atoms with van der Waals surface area (Å²) >= 11 is 2.01. The Morgan fingerprint density at radius 3 is 2.79 bits per heavy atom. The van der Waals surface area contributed by atoms with E-state index in [1.165, 1.54) is 25.7 Å². The summed E-state index contributed by atoms with van der Waals surface area (Å²) in [6, 6.07) is 0.261. The van der Waals surface area contributed by atoms with E-state index in [2.05, 4.69) is 11.8 Å². The van der Waals surface area contributed by atoms with Crippen molar-refractivity contribution < 1.29 is 4.79 Å². The maximum atomic E-state index is 12.5. The lowest BCUT2D eigenvalue weighted by Crippen LogP contribution is -2.38. The van der Waals surface area contributed by atoms with Crippen molar-refractivity contribution >= 4 is 17.7 Å². The Morgan fingerprint density at radius 1 is 1.26 bits per heavy atom. The van der Waals surface area contributed by atoms with E-state index in [0.717, 1.165) is 31.7 Å². The number of nitrogens with zero attached hydrogens (tertiary/aromatic N) is 1. The molecular weight excluding hydrogens is 256 g/mol. The average Bonchev–Trinajstić information content (AvgIpc) is 2.66. The number of hydrogen-bond acceptors (Lipinski definition) is 3. The van der Waals surface area contributed by atoms with Crippen molar-refractivity contribution in [2.45, 2.75) is 63.2 Å². The fourth-order valence-electron chi connectivity index (χ4n) is 3.37. The summed E-state index contributed by atoms with van der Waals surface area (Å²) in [7, 11) is 0. The van der Waals surface area contributed by atoms with Crippen molar-refractivity contribution in [3.63, 3.8) is 0 Å². The molecule has 110 valence electrons. The highest BCUT2D eigenvalue weighted by molar-refractivity contribution is 7.99. The van der Waals surface area contributed by atoms with Crippen LogP contribution in [0, 0.1) is 5.92 Å². The molecular formula is C15H28N2OS. The molecule has 4 heteroatoms. The van der Waals surface area contributed by atoms with E-state index in [0.29, 0.717) is 23.5 Å². The van der Waals surface area contributed by atoms with Gasteiger partial charge in [0.15, 0.2) is 0 Å². The first-order valence-electron chi connectivity index (χ1n) is 7.85. The molecule has 0 aromatic carbocycles. The molecule has 0 aromatic heterocycles. The molecule has 2 rings (SSSR count). The standard InChI is InChI=1S/C15H28N2OS/c1-2-19-13-7-3-4-9-17(11-13)15(18)10-12-6-5-8-14(12)16/h12-14H,2-11,16H2,1H3/t12-,13?,14+/m0/s1.